The molecule has 148 valence electrons. The van der Waals surface area contributed by atoms with Gasteiger partial charge in [0.15, 0.2) is 0 Å². The Hall–Kier alpha value is -2.90. The predicted molar refractivity (Wildman–Crippen MR) is 115 cm³/mol. The topological polar surface area (TPSA) is 68.8 Å². The fourth-order valence-electron chi connectivity index (χ4n) is 3.21. The van der Waals surface area contributed by atoms with Crippen molar-refractivity contribution in [3.05, 3.63) is 87.4 Å². The second-order valence-corrected chi connectivity index (χ2v) is 7.56. The minimum atomic E-state index is -0.791. The number of nitrogens with zero attached hydrogens (tertiary/aromatic N) is 3. The van der Waals surface area contributed by atoms with Crippen molar-refractivity contribution in [3.8, 4) is 17.0 Å². The van der Waals surface area contributed by atoms with Gasteiger partial charge in [0.25, 0.3) is 5.56 Å². The number of aliphatic hydroxyl groups is 1. The third-order valence-corrected chi connectivity index (χ3v) is 5.16. The van der Waals surface area contributed by atoms with E-state index in [4.69, 9.17) is 4.74 Å². The van der Waals surface area contributed by atoms with Crippen LogP contribution in [-0.2, 0) is 6.54 Å². The van der Waals surface area contributed by atoms with Crippen LogP contribution >= 0.6 is 15.9 Å². The summed E-state index contributed by atoms with van der Waals surface area (Å²) in [4.78, 5) is 12.9. The SMILES string of the molecule is CCOc1ccc(-c2cc3c(=O)n(C[C@H](O)c4cccc(Br)c4)ccn3n2)cc1. The molecule has 2 heterocycles. The zero-order valence-electron chi connectivity index (χ0n) is 15.8. The van der Waals surface area contributed by atoms with Crippen molar-refractivity contribution in [2.24, 2.45) is 0 Å². The second-order valence-electron chi connectivity index (χ2n) is 6.64. The maximum Gasteiger partial charge on any atom is 0.276 e. The first-order valence-corrected chi connectivity index (χ1v) is 10.1. The van der Waals surface area contributed by atoms with E-state index in [0.29, 0.717) is 17.8 Å². The van der Waals surface area contributed by atoms with E-state index in [-0.39, 0.29) is 12.1 Å². The van der Waals surface area contributed by atoms with E-state index in [1.54, 1.807) is 23.0 Å². The molecule has 7 heteroatoms. The van der Waals surface area contributed by atoms with E-state index in [9.17, 15) is 9.90 Å². The highest BCUT2D eigenvalue weighted by Gasteiger charge is 2.13. The van der Waals surface area contributed by atoms with Crippen LogP contribution in [0.1, 0.15) is 18.6 Å². The van der Waals surface area contributed by atoms with Crippen molar-refractivity contribution in [1.29, 1.82) is 0 Å². The molecule has 0 unspecified atom stereocenters. The zero-order valence-corrected chi connectivity index (χ0v) is 17.4. The Morgan fingerprint density at radius 1 is 1.14 bits per heavy atom. The normalized spacial score (nSPS) is 12.2. The second kappa shape index (κ2) is 8.23. The number of hydrogen-bond donors (Lipinski definition) is 1. The Kier molecular flexibility index (Phi) is 5.51. The van der Waals surface area contributed by atoms with E-state index < -0.39 is 6.10 Å². The van der Waals surface area contributed by atoms with Gasteiger partial charge in [0.1, 0.15) is 11.3 Å². The molecular formula is C22H20BrN3O3. The fraction of sp³-hybridized carbons (Fsp3) is 0.182. The Morgan fingerprint density at radius 2 is 1.93 bits per heavy atom. The summed E-state index contributed by atoms with van der Waals surface area (Å²) in [5.74, 6) is 0.795. The molecule has 4 aromatic rings. The van der Waals surface area contributed by atoms with Gasteiger partial charge in [0.05, 0.1) is 24.9 Å². The van der Waals surface area contributed by atoms with Gasteiger partial charge in [-0.05, 0) is 55.0 Å². The third kappa shape index (κ3) is 4.11. The molecule has 0 bridgehead atoms. The van der Waals surface area contributed by atoms with Gasteiger partial charge in [-0.25, -0.2) is 4.52 Å². The van der Waals surface area contributed by atoms with Gasteiger partial charge < -0.3 is 14.4 Å². The van der Waals surface area contributed by atoms with Crippen molar-refractivity contribution in [3.63, 3.8) is 0 Å². The zero-order chi connectivity index (χ0) is 20.4. The lowest BCUT2D eigenvalue weighted by molar-refractivity contribution is 0.155. The predicted octanol–water partition coefficient (Wildman–Crippen LogP) is 4.06. The number of halogens is 1. The first-order chi connectivity index (χ1) is 14.0. The maximum absolute atomic E-state index is 12.9. The molecule has 29 heavy (non-hydrogen) atoms. The Bertz CT molecular complexity index is 1200. The van der Waals surface area contributed by atoms with Crippen molar-refractivity contribution in [1.82, 2.24) is 14.2 Å². The average Bonchev–Trinajstić information content (AvgIpc) is 3.16. The van der Waals surface area contributed by atoms with Gasteiger partial charge in [-0.15, -0.1) is 0 Å². The molecule has 2 aromatic carbocycles. The van der Waals surface area contributed by atoms with E-state index >= 15 is 0 Å². The van der Waals surface area contributed by atoms with Crippen LogP contribution in [0.15, 0.2) is 76.3 Å². The number of aromatic nitrogens is 3. The van der Waals surface area contributed by atoms with Gasteiger partial charge in [0, 0.05) is 22.4 Å². The molecule has 0 spiro atoms. The molecule has 0 aliphatic carbocycles. The molecule has 6 nitrogen and oxygen atoms in total. The molecule has 0 fully saturated rings. The number of rotatable bonds is 6. The molecule has 0 radical (unpaired) electrons. The average molecular weight is 454 g/mol. The number of benzene rings is 2. The van der Waals surface area contributed by atoms with E-state index in [1.807, 2.05) is 55.5 Å². The van der Waals surface area contributed by atoms with Crippen LogP contribution in [-0.4, -0.2) is 25.9 Å². The fourth-order valence-corrected chi connectivity index (χ4v) is 3.62. The molecule has 1 atom stereocenters. The van der Waals surface area contributed by atoms with Crippen molar-refractivity contribution < 1.29 is 9.84 Å². The van der Waals surface area contributed by atoms with Gasteiger partial charge in [0.2, 0.25) is 0 Å². The largest absolute Gasteiger partial charge is 0.494 e. The van der Waals surface area contributed by atoms with Crippen LogP contribution in [0.4, 0.5) is 0 Å². The van der Waals surface area contributed by atoms with Gasteiger partial charge >= 0.3 is 0 Å². The first-order valence-electron chi connectivity index (χ1n) is 9.30. The number of fused-ring (bicyclic) bond motifs is 1. The van der Waals surface area contributed by atoms with E-state index in [2.05, 4.69) is 21.0 Å². The lowest BCUT2D eigenvalue weighted by Crippen LogP contribution is -2.24. The number of ether oxygens (including phenoxy) is 1. The highest BCUT2D eigenvalue weighted by Crippen LogP contribution is 2.22. The molecule has 4 rings (SSSR count). The monoisotopic (exact) mass is 453 g/mol. The lowest BCUT2D eigenvalue weighted by atomic mass is 10.1. The van der Waals surface area contributed by atoms with Crippen LogP contribution in [0.2, 0.25) is 0 Å². The summed E-state index contributed by atoms with van der Waals surface area (Å²) in [7, 11) is 0. The molecule has 0 aliphatic heterocycles. The molecule has 2 aromatic heterocycles. The molecular weight excluding hydrogens is 434 g/mol. The van der Waals surface area contributed by atoms with Gasteiger partial charge in [-0.2, -0.15) is 5.10 Å². The molecule has 0 amide bonds. The standard InChI is InChI=1S/C22H20BrN3O3/c1-2-29-18-8-6-15(7-9-18)19-13-20-22(28)25(10-11-26(20)24-19)14-21(27)16-4-3-5-17(23)12-16/h3-13,21,27H,2,14H2,1H3/t21-/m0/s1. The summed E-state index contributed by atoms with van der Waals surface area (Å²) in [5.41, 5.74) is 2.60. The summed E-state index contributed by atoms with van der Waals surface area (Å²) >= 11 is 3.40. The number of aliphatic hydroxyl groups excluding tert-OH is 1. The van der Waals surface area contributed by atoms with E-state index in [1.165, 1.54) is 4.57 Å². The Morgan fingerprint density at radius 3 is 2.66 bits per heavy atom. The lowest BCUT2D eigenvalue weighted by Gasteiger charge is -2.13. The summed E-state index contributed by atoms with van der Waals surface area (Å²) < 4.78 is 9.42. The summed E-state index contributed by atoms with van der Waals surface area (Å²) in [6.45, 7) is 2.71. The summed E-state index contributed by atoms with van der Waals surface area (Å²) in [5, 5.41) is 15.0. The van der Waals surface area contributed by atoms with Gasteiger partial charge in [-0.3, -0.25) is 4.79 Å². The maximum atomic E-state index is 12.9. The van der Waals surface area contributed by atoms with Gasteiger partial charge in [-0.1, -0.05) is 28.1 Å². The summed E-state index contributed by atoms with van der Waals surface area (Å²) in [6, 6.07) is 16.8. The smallest absolute Gasteiger partial charge is 0.276 e. The summed E-state index contributed by atoms with van der Waals surface area (Å²) in [6.07, 6.45) is 2.58. The molecule has 1 N–H and O–H groups in total. The van der Waals surface area contributed by atoms with Crippen LogP contribution in [0.25, 0.3) is 16.8 Å². The van der Waals surface area contributed by atoms with Crippen molar-refractivity contribution >= 4 is 21.4 Å². The van der Waals surface area contributed by atoms with E-state index in [0.717, 1.165) is 21.3 Å². The van der Waals surface area contributed by atoms with Crippen LogP contribution in [0.5, 0.6) is 5.75 Å². The Balaban J connectivity index is 1.63. The molecule has 0 saturated heterocycles. The molecule has 0 saturated carbocycles. The first kappa shape index (κ1) is 19.4. The van der Waals surface area contributed by atoms with Crippen LogP contribution in [0.3, 0.4) is 0 Å². The minimum Gasteiger partial charge on any atom is -0.494 e. The van der Waals surface area contributed by atoms with Crippen LogP contribution in [0, 0.1) is 0 Å². The van der Waals surface area contributed by atoms with Crippen molar-refractivity contribution in [2.45, 2.75) is 19.6 Å². The minimum absolute atomic E-state index is 0.162. The highest BCUT2D eigenvalue weighted by molar-refractivity contribution is 9.10. The Labute approximate surface area is 176 Å². The quantitative estimate of drug-likeness (QED) is 0.477. The highest BCUT2D eigenvalue weighted by atomic mass is 79.9. The van der Waals surface area contributed by atoms with Crippen LogP contribution < -0.4 is 10.3 Å². The molecule has 0 aliphatic rings. The third-order valence-electron chi connectivity index (χ3n) is 4.67. The van der Waals surface area contributed by atoms with Crippen molar-refractivity contribution in [2.75, 3.05) is 6.61 Å². The number of hydrogen-bond acceptors (Lipinski definition) is 4.